The van der Waals surface area contributed by atoms with E-state index in [1.54, 1.807) is 0 Å². The lowest BCUT2D eigenvalue weighted by Gasteiger charge is -2.41. The monoisotopic (exact) mass is 1150 g/mol. The first-order valence-corrected chi connectivity index (χ1v) is 35.8. The molecule has 1 fully saturated rings. The standard InChI is InChI=1S/C66H131NO11S/c1-3-5-7-9-11-13-15-17-19-21-23-25-27-29-30-32-34-36-38-40-42-44-46-48-50-52-54-56-62(70)67-59(58-76-66-64(72)65(78-79(73,74)75)63(71)61(57-68)77-66)60(69)55-53-51-49-47-45-43-41-39-37-35-33-31-28-26-24-22-20-18-16-14-12-10-8-6-4-2/h59-61,63-66,68-69,71-72H,3-58H2,1-2H3,(H,67,70)(H,73,74,75). The number of rotatable bonds is 62. The van der Waals surface area contributed by atoms with Crippen molar-refractivity contribution in [1.29, 1.82) is 0 Å². The Kier molecular flexibility index (Phi) is 54.2. The number of carbonyl (C=O) groups is 1. The molecule has 472 valence electrons. The zero-order chi connectivity index (χ0) is 57.5. The molecule has 0 aromatic carbocycles. The number of ether oxygens (including phenoxy) is 2. The number of aliphatic hydroxyl groups excluding tert-OH is 4. The molecular weight excluding hydrogens is 1010 g/mol. The first kappa shape index (κ1) is 76.1. The molecule has 0 saturated carbocycles. The van der Waals surface area contributed by atoms with Gasteiger partial charge in [-0.2, -0.15) is 8.42 Å². The van der Waals surface area contributed by atoms with Crippen molar-refractivity contribution in [3.63, 3.8) is 0 Å². The first-order chi connectivity index (χ1) is 38.5. The molecule has 79 heavy (non-hydrogen) atoms. The Bertz CT molecular complexity index is 1390. The maximum absolute atomic E-state index is 13.2. The molecule has 7 unspecified atom stereocenters. The van der Waals surface area contributed by atoms with Gasteiger partial charge in [-0.25, -0.2) is 4.18 Å². The van der Waals surface area contributed by atoms with E-state index in [0.29, 0.717) is 12.8 Å². The predicted octanol–water partition coefficient (Wildman–Crippen LogP) is 17.6. The third kappa shape index (κ3) is 48.1. The van der Waals surface area contributed by atoms with Crippen LogP contribution in [-0.2, 0) is 28.9 Å². The molecular formula is C66H131NO11S. The summed E-state index contributed by atoms with van der Waals surface area (Å²) in [5, 5.41) is 45.3. The molecule has 0 radical (unpaired) electrons. The molecule has 1 aliphatic rings. The fraction of sp³-hybridized carbons (Fsp3) is 0.985. The van der Waals surface area contributed by atoms with Gasteiger partial charge in [0.2, 0.25) is 5.91 Å². The van der Waals surface area contributed by atoms with Crippen LogP contribution in [-0.4, -0.2) is 95.4 Å². The van der Waals surface area contributed by atoms with Crippen LogP contribution in [0.1, 0.15) is 361 Å². The highest BCUT2D eigenvalue weighted by Crippen LogP contribution is 2.27. The van der Waals surface area contributed by atoms with E-state index in [2.05, 4.69) is 23.3 Å². The number of hydrogen-bond acceptors (Lipinski definition) is 10. The Morgan fingerprint density at radius 2 is 0.734 bits per heavy atom. The van der Waals surface area contributed by atoms with Gasteiger partial charge in [0.1, 0.15) is 24.4 Å². The molecule has 1 rings (SSSR count). The minimum atomic E-state index is -5.08. The average Bonchev–Trinajstić information content (AvgIpc) is 3.44. The summed E-state index contributed by atoms with van der Waals surface area (Å²) in [6.07, 6.45) is 59.9. The van der Waals surface area contributed by atoms with Gasteiger partial charge < -0.3 is 35.2 Å². The van der Waals surface area contributed by atoms with E-state index in [4.69, 9.17) is 9.47 Å². The van der Waals surface area contributed by atoms with Crippen LogP contribution in [0.25, 0.3) is 0 Å². The summed E-state index contributed by atoms with van der Waals surface area (Å²) in [5.74, 6) is -0.219. The third-order valence-electron chi connectivity index (χ3n) is 16.9. The zero-order valence-corrected chi connectivity index (χ0v) is 52.5. The van der Waals surface area contributed by atoms with Crippen molar-refractivity contribution in [2.75, 3.05) is 13.2 Å². The summed E-state index contributed by atoms with van der Waals surface area (Å²) < 4.78 is 48.1. The van der Waals surface area contributed by atoms with E-state index < -0.39 is 59.9 Å². The van der Waals surface area contributed by atoms with Crippen molar-refractivity contribution < 1.29 is 51.8 Å². The number of hydrogen-bond donors (Lipinski definition) is 6. The largest absolute Gasteiger partial charge is 0.397 e. The smallest absolute Gasteiger partial charge is 0.394 e. The second kappa shape index (κ2) is 56.2. The van der Waals surface area contributed by atoms with Crippen molar-refractivity contribution in [2.45, 2.75) is 403 Å². The van der Waals surface area contributed by atoms with E-state index in [-0.39, 0.29) is 12.5 Å². The molecule has 1 aliphatic heterocycles. The minimum absolute atomic E-state index is 0.219. The highest BCUT2D eigenvalue weighted by molar-refractivity contribution is 7.80. The van der Waals surface area contributed by atoms with Crippen LogP contribution < -0.4 is 5.32 Å². The second-order valence-corrected chi connectivity index (χ2v) is 25.5. The van der Waals surface area contributed by atoms with E-state index >= 15 is 0 Å². The van der Waals surface area contributed by atoms with Gasteiger partial charge in [-0.15, -0.1) is 0 Å². The minimum Gasteiger partial charge on any atom is -0.394 e. The third-order valence-corrected chi connectivity index (χ3v) is 17.4. The fourth-order valence-corrected chi connectivity index (χ4v) is 12.2. The maximum Gasteiger partial charge on any atom is 0.397 e. The topological polar surface area (TPSA) is 192 Å². The molecule has 1 heterocycles. The summed E-state index contributed by atoms with van der Waals surface area (Å²) in [5.41, 5.74) is 0. The van der Waals surface area contributed by atoms with Gasteiger partial charge in [-0.05, 0) is 12.8 Å². The highest BCUT2D eigenvalue weighted by atomic mass is 32.3. The lowest BCUT2D eigenvalue weighted by Crippen LogP contribution is -2.61. The van der Waals surface area contributed by atoms with Gasteiger partial charge in [0.15, 0.2) is 6.29 Å². The van der Waals surface area contributed by atoms with Crippen molar-refractivity contribution >= 4 is 16.3 Å². The molecule has 6 N–H and O–H groups in total. The van der Waals surface area contributed by atoms with Crippen LogP contribution in [0.4, 0.5) is 0 Å². The van der Waals surface area contributed by atoms with Gasteiger partial charge >= 0.3 is 10.4 Å². The lowest BCUT2D eigenvalue weighted by molar-refractivity contribution is -0.298. The number of unbranched alkanes of at least 4 members (excludes halogenated alkanes) is 50. The van der Waals surface area contributed by atoms with E-state index in [1.807, 2.05) is 0 Å². The zero-order valence-electron chi connectivity index (χ0n) is 51.7. The Morgan fingerprint density at radius 3 is 1.01 bits per heavy atom. The summed E-state index contributed by atoms with van der Waals surface area (Å²) >= 11 is 0. The summed E-state index contributed by atoms with van der Waals surface area (Å²) in [6.45, 7) is 3.53. The molecule has 0 aromatic heterocycles. The Hall–Kier alpha value is -0.900. The molecule has 0 aromatic rings. The van der Waals surface area contributed by atoms with Crippen LogP contribution in [0, 0.1) is 0 Å². The number of amides is 1. The fourth-order valence-electron chi connectivity index (χ4n) is 11.6. The second-order valence-electron chi connectivity index (χ2n) is 24.5. The summed E-state index contributed by atoms with van der Waals surface area (Å²) in [7, 11) is -5.08. The van der Waals surface area contributed by atoms with Crippen LogP contribution >= 0.6 is 0 Å². The van der Waals surface area contributed by atoms with E-state index in [9.17, 15) is 38.2 Å². The van der Waals surface area contributed by atoms with Gasteiger partial charge in [0, 0.05) is 6.42 Å². The Morgan fingerprint density at radius 1 is 0.456 bits per heavy atom. The summed E-state index contributed by atoms with van der Waals surface area (Å²) in [6, 6.07) is -0.855. The molecule has 1 amide bonds. The number of aliphatic hydroxyl groups is 4. The first-order valence-electron chi connectivity index (χ1n) is 34.4. The molecule has 0 bridgehead atoms. The molecule has 0 aliphatic carbocycles. The number of carbonyl (C=O) groups excluding carboxylic acids is 1. The van der Waals surface area contributed by atoms with Crippen LogP contribution in [0.5, 0.6) is 0 Å². The molecule has 12 nitrogen and oxygen atoms in total. The van der Waals surface area contributed by atoms with Crippen LogP contribution in [0.2, 0.25) is 0 Å². The van der Waals surface area contributed by atoms with Gasteiger partial charge in [0.25, 0.3) is 0 Å². The van der Waals surface area contributed by atoms with Crippen molar-refractivity contribution in [3.05, 3.63) is 0 Å². The Labute approximate surface area is 488 Å². The predicted molar refractivity (Wildman–Crippen MR) is 329 cm³/mol. The van der Waals surface area contributed by atoms with Gasteiger partial charge in [-0.3, -0.25) is 9.35 Å². The SMILES string of the molecule is CCCCCCCCCCCCCCCCCCCCCCCCCCCCCC(=O)NC(COC1OC(CO)C(O)C(OS(=O)(=O)O)C1O)C(O)CCCCCCCCCCCCCCCCCCCCCCCCCCC. The van der Waals surface area contributed by atoms with Gasteiger partial charge in [-0.1, -0.05) is 341 Å². The van der Waals surface area contributed by atoms with E-state index in [0.717, 1.165) is 51.4 Å². The maximum atomic E-state index is 13.2. The van der Waals surface area contributed by atoms with Crippen LogP contribution in [0.15, 0.2) is 0 Å². The quantitative estimate of drug-likeness (QED) is 0.0251. The molecule has 0 spiro atoms. The van der Waals surface area contributed by atoms with Gasteiger partial charge in [0.05, 0.1) is 25.4 Å². The molecule has 7 atom stereocenters. The van der Waals surface area contributed by atoms with Crippen molar-refractivity contribution in [3.8, 4) is 0 Å². The van der Waals surface area contributed by atoms with Crippen molar-refractivity contribution in [1.82, 2.24) is 5.32 Å². The Balaban J connectivity index is 2.24. The highest BCUT2D eigenvalue weighted by Gasteiger charge is 2.48. The van der Waals surface area contributed by atoms with E-state index in [1.165, 1.54) is 283 Å². The molecule has 1 saturated heterocycles. The number of nitrogens with one attached hydrogen (secondary N) is 1. The van der Waals surface area contributed by atoms with Crippen molar-refractivity contribution in [2.24, 2.45) is 0 Å². The normalized spacial score (nSPS) is 18.6. The van der Waals surface area contributed by atoms with Crippen LogP contribution in [0.3, 0.4) is 0 Å². The lowest BCUT2D eigenvalue weighted by atomic mass is 9.99. The molecule has 13 heteroatoms. The summed E-state index contributed by atoms with van der Waals surface area (Å²) in [4.78, 5) is 13.2. The average molecular weight is 1150 g/mol.